The summed E-state index contributed by atoms with van der Waals surface area (Å²) in [5.74, 6) is 0. The van der Waals surface area contributed by atoms with Crippen molar-refractivity contribution in [3.63, 3.8) is 0 Å². The molecule has 6 nitrogen and oxygen atoms in total. The van der Waals surface area contributed by atoms with E-state index in [1.807, 2.05) is 11.9 Å². The average Bonchev–Trinajstić information content (AvgIpc) is 2.52. The van der Waals surface area contributed by atoms with Gasteiger partial charge in [0.25, 0.3) is 10.9 Å². The maximum Gasteiger partial charge on any atom is 0.283 e. The summed E-state index contributed by atoms with van der Waals surface area (Å²) in [5.41, 5.74) is 0.396. The molecule has 0 atom stereocenters. The molecule has 120 valence electrons. The Balaban J connectivity index is 2.05. The maximum atomic E-state index is 11.2. The first-order chi connectivity index (χ1) is 10.5. The number of likely N-dealkylation sites (N-methyl/N-ethyl adjacent to an activating group) is 1. The molecule has 0 unspecified atom stereocenters. The van der Waals surface area contributed by atoms with E-state index in [2.05, 4.69) is 4.90 Å². The Kier molecular flexibility index (Phi) is 5.74. The number of nitro groups is 1. The van der Waals surface area contributed by atoms with E-state index in [9.17, 15) is 14.9 Å². The molecule has 0 saturated carbocycles. The molecule has 2 rings (SSSR count). The van der Waals surface area contributed by atoms with Crippen LogP contribution in [0.15, 0.2) is 18.2 Å². The van der Waals surface area contributed by atoms with Crippen molar-refractivity contribution in [3.05, 3.63) is 33.9 Å². The molecule has 0 radical (unpaired) electrons. The number of carbonyl (C=O) groups excluding carboxylic acids is 1. The lowest BCUT2D eigenvalue weighted by Gasteiger charge is -2.29. The van der Waals surface area contributed by atoms with Gasteiger partial charge in [0.1, 0.15) is 5.56 Å². The number of nitrogens with zero attached hydrogens (tertiary/aromatic N) is 3. The van der Waals surface area contributed by atoms with Crippen molar-refractivity contribution in [2.45, 2.75) is 19.3 Å². The fourth-order valence-electron chi connectivity index (χ4n) is 2.68. The van der Waals surface area contributed by atoms with Crippen LogP contribution in [-0.2, 0) is 0 Å². The van der Waals surface area contributed by atoms with E-state index in [4.69, 9.17) is 11.6 Å². The number of carbonyl (C=O) groups is 1. The van der Waals surface area contributed by atoms with Gasteiger partial charge in [-0.25, -0.2) is 0 Å². The maximum absolute atomic E-state index is 11.2. The normalized spacial score (nSPS) is 15.5. The summed E-state index contributed by atoms with van der Waals surface area (Å²) in [6, 6.07) is 4.52. The fraction of sp³-hybridized carbons (Fsp3) is 0.533. The van der Waals surface area contributed by atoms with E-state index in [-0.39, 0.29) is 11.3 Å². The van der Waals surface area contributed by atoms with Gasteiger partial charge < -0.3 is 9.80 Å². The van der Waals surface area contributed by atoms with Gasteiger partial charge in [-0.3, -0.25) is 14.9 Å². The summed E-state index contributed by atoms with van der Waals surface area (Å²) in [6.45, 7) is 3.95. The summed E-state index contributed by atoms with van der Waals surface area (Å²) < 4.78 is 0. The lowest BCUT2D eigenvalue weighted by atomic mass is 10.1. The Bertz CT molecular complexity index is 559. The molecule has 1 aromatic carbocycles. The van der Waals surface area contributed by atoms with Crippen LogP contribution < -0.4 is 4.90 Å². The van der Waals surface area contributed by atoms with Crippen LogP contribution in [-0.4, -0.2) is 48.3 Å². The molecule has 0 amide bonds. The highest BCUT2D eigenvalue weighted by molar-refractivity contribution is 6.68. The molecule has 0 aromatic heterocycles. The SMILES string of the molecule is CN(CCN1CCCCC1)c1ccc(C(=O)Cl)c([N+](=O)[O-])c1. The minimum Gasteiger partial charge on any atom is -0.373 e. The number of nitro benzene ring substituents is 1. The topological polar surface area (TPSA) is 66.7 Å². The number of rotatable bonds is 6. The minimum absolute atomic E-state index is 0.0696. The molecule has 1 aliphatic rings. The van der Waals surface area contributed by atoms with Gasteiger partial charge in [0.2, 0.25) is 0 Å². The molecule has 1 aliphatic heterocycles. The van der Waals surface area contributed by atoms with Crippen LogP contribution in [0.5, 0.6) is 0 Å². The molecular weight excluding hydrogens is 306 g/mol. The predicted octanol–water partition coefficient (Wildman–Crippen LogP) is 2.90. The predicted molar refractivity (Wildman–Crippen MR) is 86.8 cm³/mol. The van der Waals surface area contributed by atoms with Gasteiger partial charge in [-0.15, -0.1) is 0 Å². The standard InChI is InChI=1S/C15H20ClN3O3/c1-17(9-10-18-7-3-2-4-8-18)12-5-6-13(15(16)20)14(11-12)19(21)22/h5-6,11H,2-4,7-10H2,1H3. The van der Waals surface area contributed by atoms with E-state index in [1.165, 1.54) is 31.4 Å². The van der Waals surface area contributed by atoms with Crippen LogP contribution in [0.25, 0.3) is 0 Å². The highest BCUT2D eigenvalue weighted by Crippen LogP contribution is 2.26. The molecule has 1 fully saturated rings. The quantitative estimate of drug-likeness (QED) is 0.457. The first kappa shape index (κ1) is 16.7. The van der Waals surface area contributed by atoms with Crippen LogP contribution in [0.1, 0.15) is 29.6 Å². The van der Waals surface area contributed by atoms with Crippen molar-refractivity contribution < 1.29 is 9.72 Å². The fourth-order valence-corrected chi connectivity index (χ4v) is 2.84. The monoisotopic (exact) mass is 325 g/mol. The van der Waals surface area contributed by atoms with E-state index in [0.717, 1.165) is 26.2 Å². The van der Waals surface area contributed by atoms with Crippen LogP contribution >= 0.6 is 11.6 Å². The van der Waals surface area contributed by atoms with Crippen LogP contribution in [0, 0.1) is 10.1 Å². The van der Waals surface area contributed by atoms with Crippen molar-refractivity contribution >= 4 is 28.2 Å². The first-order valence-electron chi connectivity index (χ1n) is 7.41. The van der Waals surface area contributed by atoms with Crippen molar-refractivity contribution in [1.29, 1.82) is 0 Å². The van der Waals surface area contributed by atoms with Crippen LogP contribution in [0.4, 0.5) is 11.4 Å². The van der Waals surface area contributed by atoms with E-state index >= 15 is 0 Å². The summed E-state index contributed by atoms with van der Waals surface area (Å²) in [5, 5.41) is 10.3. The molecule has 0 aliphatic carbocycles. The Morgan fingerprint density at radius 2 is 2.05 bits per heavy atom. The Labute approximate surface area is 134 Å². The number of hydrogen-bond acceptors (Lipinski definition) is 5. The number of halogens is 1. The smallest absolute Gasteiger partial charge is 0.283 e. The van der Waals surface area contributed by atoms with E-state index in [1.54, 1.807) is 6.07 Å². The number of piperidine rings is 1. The highest BCUT2D eigenvalue weighted by atomic mass is 35.5. The second kappa shape index (κ2) is 7.56. The average molecular weight is 326 g/mol. The molecule has 22 heavy (non-hydrogen) atoms. The van der Waals surface area contributed by atoms with Gasteiger partial charge >= 0.3 is 0 Å². The van der Waals surface area contributed by atoms with Crippen molar-refractivity contribution in [3.8, 4) is 0 Å². The van der Waals surface area contributed by atoms with Gasteiger partial charge in [-0.2, -0.15) is 0 Å². The van der Waals surface area contributed by atoms with Gasteiger partial charge in [-0.1, -0.05) is 6.42 Å². The Morgan fingerprint density at radius 3 is 2.64 bits per heavy atom. The summed E-state index contributed by atoms with van der Waals surface area (Å²) >= 11 is 5.38. The van der Waals surface area contributed by atoms with Crippen molar-refractivity contribution in [2.75, 3.05) is 38.1 Å². The molecule has 0 spiro atoms. The van der Waals surface area contributed by atoms with E-state index < -0.39 is 10.2 Å². The third kappa shape index (κ3) is 4.18. The van der Waals surface area contributed by atoms with Crippen molar-refractivity contribution in [1.82, 2.24) is 4.90 Å². The number of likely N-dealkylation sites (tertiary alicyclic amines) is 1. The zero-order valence-corrected chi connectivity index (χ0v) is 13.4. The zero-order chi connectivity index (χ0) is 16.1. The van der Waals surface area contributed by atoms with Gasteiger partial charge in [0.15, 0.2) is 0 Å². The molecule has 1 saturated heterocycles. The third-order valence-corrected chi connectivity index (χ3v) is 4.23. The van der Waals surface area contributed by atoms with Gasteiger partial charge in [0, 0.05) is 31.9 Å². The minimum atomic E-state index is -0.811. The Hall–Kier alpha value is -1.66. The second-order valence-corrected chi connectivity index (χ2v) is 5.90. The second-order valence-electron chi connectivity index (χ2n) is 5.56. The number of anilines is 1. The molecular formula is C15H20ClN3O3. The lowest BCUT2D eigenvalue weighted by molar-refractivity contribution is -0.385. The van der Waals surface area contributed by atoms with Gasteiger partial charge in [-0.05, 0) is 49.7 Å². The number of benzene rings is 1. The summed E-state index contributed by atoms with van der Waals surface area (Å²) in [7, 11) is 1.89. The van der Waals surface area contributed by atoms with Crippen LogP contribution in [0.3, 0.4) is 0 Å². The zero-order valence-electron chi connectivity index (χ0n) is 12.6. The van der Waals surface area contributed by atoms with Crippen LogP contribution in [0.2, 0.25) is 0 Å². The van der Waals surface area contributed by atoms with Crippen molar-refractivity contribution in [2.24, 2.45) is 0 Å². The van der Waals surface area contributed by atoms with E-state index in [0.29, 0.717) is 5.69 Å². The molecule has 1 aromatic rings. The highest BCUT2D eigenvalue weighted by Gasteiger charge is 2.20. The molecule has 0 N–H and O–H groups in total. The lowest BCUT2D eigenvalue weighted by Crippen LogP contribution is -2.36. The summed E-state index contributed by atoms with van der Waals surface area (Å²) in [6.07, 6.45) is 3.77. The Morgan fingerprint density at radius 1 is 1.36 bits per heavy atom. The molecule has 1 heterocycles. The molecule has 7 heteroatoms. The summed E-state index contributed by atoms with van der Waals surface area (Å²) in [4.78, 5) is 26.1. The van der Waals surface area contributed by atoms with Gasteiger partial charge in [0.05, 0.1) is 4.92 Å². The molecule has 0 bridgehead atoms. The largest absolute Gasteiger partial charge is 0.373 e. The third-order valence-electron chi connectivity index (χ3n) is 4.03. The first-order valence-corrected chi connectivity index (χ1v) is 7.78. The number of hydrogen-bond donors (Lipinski definition) is 0.